The fourth-order valence-corrected chi connectivity index (χ4v) is 3.02. The first kappa shape index (κ1) is 21.4. The van der Waals surface area contributed by atoms with Gasteiger partial charge in [-0.15, -0.1) is 0 Å². The number of benzene rings is 2. The number of ether oxygens (including phenoxy) is 2. The van der Waals surface area contributed by atoms with Gasteiger partial charge in [-0.1, -0.05) is 12.1 Å². The Hall–Kier alpha value is -2.87. The zero-order valence-corrected chi connectivity index (χ0v) is 17.0. The Labute approximate surface area is 164 Å². The largest absolute Gasteiger partial charge is 0.482 e. The number of carbonyl (C=O) groups excluding carboxylic acids is 2. The maximum absolute atomic E-state index is 12.4. The van der Waals surface area contributed by atoms with E-state index in [-0.39, 0.29) is 6.61 Å². The quantitative estimate of drug-likeness (QED) is 0.536. The van der Waals surface area contributed by atoms with Gasteiger partial charge in [0.15, 0.2) is 12.7 Å². The van der Waals surface area contributed by atoms with E-state index in [1.165, 1.54) is 31.2 Å². The lowest BCUT2D eigenvalue weighted by Crippen LogP contribution is -2.27. The van der Waals surface area contributed by atoms with Crippen molar-refractivity contribution in [1.29, 1.82) is 0 Å². The van der Waals surface area contributed by atoms with Crippen molar-refractivity contribution in [2.75, 3.05) is 17.6 Å². The Morgan fingerprint density at radius 3 is 2.32 bits per heavy atom. The zero-order valence-electron chi connectivity index (χ0n) is 16.2. The number of hydrogen-bond donors (Lipinski definition) is 1. The Morgan fingerprint density at radius 1 is 1.07 bits per heavy atom. The minimum absolute atomic E-state index is 0.301. The molecule has 28 heavy (non-hydrogen) atoms. The number of aryl methyl sites for hydroxylation is 1. The van der Waals surface area contributed by atoms with Crippen LogP contribution in [0.25, 0.3) is 0 Å². The number of sulfonamides is 1. The van der Waals surface area contributed by atoms with Crippen LogP contribution in [0.2, 0.25) is 0 Å². The lowest BCUT2D eigenvalue weighted by atomic mass is 10.1. The second kappa shape index (κ2) is 8.88. The van der Waals surface area contributed by atoms with Crippen LogP contribution in [0.4, 0.5) is 5.69 Å². The molecule has 0 saturated heterocycles. The summed E-state index contributed by atoms with van der Waals surface area (Å²) < 4.78 is 35.3. The highest BCUT2D eigenvalue weighted by atomic mass is 32.2. The Bertz CT molecular complexity index is 967. The minimum Gasteiger partial charge on any atom is -0.482 e. The van der Waals surface area contributed by atoms with Crippen LogP contribution >= 0.6 is 0 Å². The molecule has 0 bridgehead atoms. The van der Waals surface area contributed by atoms with Crippen molar-refractivity contribution in [3.63, 3.8) is 0 Å². The molecule has 0 fully saturated rings. The molecule has 0 amide bonds. The Morgan fingerprint density at radius 2 is 1.71 bits per heavy atom. The molecule has 2 aromatic rings. The molecule has 2 rings (SSSR count). The van der Waals surface area contributed by atoms with Crippen LogP contribution < -0.4 is 9.46 Å². The summed E-state index contributed by atoms with van der Waals surface area (Å²) in [6.07, 6.45) is 0.0388. The van der Waals surface area contributed by atoms with Crippen molar-refractivity contribution < 1.29 is 27.5 Å². The summed E-state index contributed by atoms with van der Waals surface area (Å²) in [5.41, 5.74) is 2.62. The van der Waals surface area contributed by atoms with Gasteiger partial charge in [-0.05, 0) is 62.2 Å². The number of Topliss-reactive ketones (excluding diaryl/α,β-unsaturated/α-hetero) is 1. The zero-order chi connectivity index (χ0) is 20.9. The highest BCUT2D eigenvalue weighted by molar-refractivity contribution is 7.92. The summed E-state index contributed by atoms with van der Waals surface area (Å²) in [4.78, 5) is 24.4. The topological polar surface area (TPSA) is 98.8 Å². The van der Waals surface area contributed by atoms with E-state index < -0.39 is 27.9 Å². The number of rotatable bonds is 8. The van der Waals surface area contributed by atoms with E-state index in [0.29, 0.717) is 17.0 Å². The van der Waals surface area contributed by atoms with E-state index in [1.807, 2.05) is 26.0 Å². The molecule has 2 aromatic carbocycles. The molecule has 0 aliphatic carbocycles. The van der Waals surface area contributed by atoms with Crippen molar-refractivity contribution in [3.8, 4) is 5.75 Å². The molecule has 7 nitrogen and oxygen atoms in total. The maximum atomic E-state index is 12.4. The lowest BCUT2D eigenvalue weighted by molar-refractivity contribution is -0.148. The summed E-state index contributed by atoms with van der Waals surface area (Å²) in [5.74, 6) is -0.465. The van der Waals surface area contributed by atoms with Crippen molar-refractivity contribution in [3.05, 3.63) is 59.2 Å². The number of esters is 1. The van der Waals surface area contributed by atoms with Crippen LogP contribution in [0.15, 0.2) is 42.5 Å². The summed E-state index contributed by atoms with van der Waals surface area (Å²) in [6.45, 7) is 5.00. The molecule has 0 aliphatic rings. The molecule has 0 radical (unpaired) electrons. The summed E-state index contributed by atoms with van der Waals surface area (Å²) in [5, 5.41) is 0. The van der Waals surface area contributed by atoms with Gasteiger partial charge in [0.1, 0.15) is 5.75 Å². The SMILES string of the molecule is Cc1cccc(OCC(=O)O[C@H](C)C(=O)c2ccc(NS(C)(=O)=O)cc2)c1C. The molecule has 1 atom stereocenters. The van der Waals surface area contributed by atoms with Crippen molar-refractivity contribution in [2.24, 2.45) is 0 Å². The Balaban J connectivity index is 1.92. The van der Waals surface area contributed by atoms with Crippen LogP contribution in [0, 0.1) is 13.8 Å². The first-order valence-corrected chi connectivity index (χ1v) is 10.5. The number of ketones is 1. The molecule has 0 aliphatic heterocycles. The van der Waals surface area contributed by atoms with E-state index >= 15 is 0 Å². The molecule has 0 aromatic heterocycles. The third kappa shape index (κ3) is 6.09. The Kier molecular flexibility index (Phi) is 6.80. The molecule has 0 saturated carbocycles. The average molecular weight is 405 g/mol. The van der Waals surface area contributed by atoms with Gasteiger partial charge in [0, 0.05) is 11.3 Å². The monoisotopic (exact) mass is 405 g/mol. The van der Waals surface area contributed by atoms with Gasteiger partial charge in [0.25, 0.3) is 0 Å². The maximum Gasteiger partial charge on any atom is 0.344 e. The van der Waals surface area contributed by atoms with Crippen LogP contribution in [-0.4, -0.2) is 39.1 Å². The lowest BCUT2D eigenvalue weighted by Gasteiger charge is -2.14. The molecule has 0 spiro atoms. The second-order valence-corrected chi connectivity index (χ2v) is 8.18. The number of nitrogens with one attached hydrogen (secondary N) is 1. The van der Waals surface area contributed by atoms with Crippen LogP contribution in [0.5, 0.6) is 5.75 Å². The fraction of sp³-hybridized carbons (Fsp3) is 0.300. The molecule has 150 valence electrons. The normalized spacial score (nSPS) is 12.1. The molecular weight excluding hydrogens is 382 g/mol. The average Bonchev–Trinajstić information content (AvgIpc) is 2.61. The van der Waals surface area contributed by atoms with Gasteiger partial charge in [-0.25, -0.2) is 13.2 Å². The molecular formula is C20H23NO6S. The first-order valence-electron chi connectivity index (χ1n) is 8.57. The fourth-order valence-electron chi connectivity index (χ4n) is 2.45. The number of anilines is 1. The highest BCUT2D eigenvalue weighted by Crippen LogP contribution is 2.20. The predicted octanol–water partition coefficient (Wildman–Crippen LogP) is 2.87. The molecule has 0 heterocycles. The van der Waals surface area contributed by atoms with E-state index in [9.17, 15) is 18.0 Å². The van der Waals surface area contributed by atoms with Gasteiger partial charge in [-0.3, -0.25) is 9.52 Å². The number of hydrogen-bond acceptors (Lipinski definition) is 6. The van der Waals surface area contributed by atoms with E-state index in [2.05, 4.69) is 4.72 Å². The van der Waals surface area contributed by atoms with Gasteiger partial charge in [0.2, 0.25) is 15.8 Å². The predicted molar refractivity (Wildman–Crippen MR) is 106 cm³/mol. The second-order valence-electron chi connectivity index (χ2n) is 6.43. The molecule has 1 N–H and O–H groups in total. The van der Waals surface area contributed by atoms with E-state index in [4.69, 9.17) is 9.47 Å². The van der Waals surface area contributed by atoms with Gasteiger partial charge in [0.05, 0.1) is 6.26 Å². The number of carbonyl (C=O) groups is 2. The smallest absolute Gasteiger partial charge is 0.344 e. The molecule has 8 heteroatoms. The van der Waals surface area contributed by atoms with Crippen molar-refractivity contribution in [2.45, 2.75) is 26.9 Å². The van der Waals surface area contributed by atoms with Gasteiger partial charge < -0.3 is 9.47 Å². The van der Waals surface area contributed by atoms with Crippen molar-refractivity contribution in [1.82, 2.24) is 0 Å². The van der Waals surface area contributed by atoms with E-state index in [1.54, 1.807) is 6.07 Å². The summed E-state index contributed by atoms with van der Waals surface area (Å²) in [7, 11) is -3.40. The first-order chi connectivity index (χ1) is 13.1. The van der Waals surface area contributed by atoms with Gasteiger partial charge in [-0.2, -0.15) is 0 Å². The summed E-state index contributed by atoms with van der Waals surface area (Å²) >= 11 is 0. The van der Waals surface area contributed by atoms with Gasteiger partial charge >= 0.3 is 5.97 Å². The van der Waals surface area contributed by atoms with Crippen LogP contribution in [0.3, 0.4) is 0 Å². The standard InChI is InChI=1S/C20H23NO6S/c1-13-6-5-7-18(14(13)2)26-12-19(22)27-15(3)20(23)16-8-10-17(11-9-16)21-28(4,24)25/h5-11,15,21H,12H2,1-4H3/t15-/m1/s1. The van der Waals surface area contributed by atoms with Crippen LogP contribution in [-0.2, 0) is 19.6 Å². The molecule has 0 unspecified atom stereocenters. The van der Waals surface area contributed by atoms with Crippen LogP contribution in [0.1, 0.15) is 28.4 Å². The highest BCUT2D eigenvalue weighted by Gasteiger charge is 2.20. The third-order valence-corrected chi connectivity index (χ3v) is 4.66. The van der Waals surface area contributed by atoms with Crippen molar-refractivity contribution >= 4 is 27.5 Å². The third-order valence-electron chi connectivity index (χ3n) is 4.05. The minimum atomic E-state index is -3.40. The van der Waals surface area contributed by atoms with E-state index in [0.717, 1.165) is 17.4 Å². The summed E-state index contributed by atoms with van der Waals surface area (Å²) in [6, 6.07) is 11.4.